The van der Waals surface area contributed by atoms with E-state index in [1.807, 2.05) is 31.2 Å². The van der Waals surface area contributed by atoms with E-state index in [1.165, 1.54) is 0 Å². The molecule has 2 heterocycles. The van der Waals surface area contributed by atoms with Crippen molar-refractivity contribution in [3.8, 4) is 17.2 Å². The molecule has 4 rings (SSSR count). The quantitative estimate of drug-likeness (QED) is 0.484. The molecular weight excluding hydrogens is 462 g/mol. The summed E-state index contributed by atoms with van der Waals surface area (Å²) < 4.78 is 18.6. The van der Waals surface area contributed by atoms with Crippen molar-refractivity contribution in [3.63, 3.8) is 0 Å². The smallest absolute Gasteiger partial charge is 0.178 e. The van der Waals surface area contributed by atoms with Gasteiger partial charge in [0.25, 0.3) is 0 Å². The summed E-state index contributed by atoms with van der Waals surface area (Å²) in [5, 5.41) is 12.1. The predicted octanol–water partition coefficient (Wildman–Crippen LogP) is 4.05. The highest BCUT2D eigenvalue weighted by Gasteiger charge is 2.28. The summed E-state index contributed by atoms with van der Waals surface area (Å²) in [6.07, 6.45) is -1.02. The lowest BCUT2D eigenvalue weighted by atomic mass is 10.2. The minimum absolute atomic E-state index is 0.404. The van der Waals surface area contributed by atoms with Gasteiger partial charge in [0, 0.05) is 49.9 Å². The normalized spacial score (nSPS) is 17.1. The standard InChI is InChI=1S/C24H30ClN3O4S/c1-16(29)24(32-19-5-7-23-20(15-19)26-17(2)33-23)28-10-8-27(9-11-28)12-13-31-21-6-4-18(25)14-22(21)30-3/h4-7,14-16,24,29H,8-13H2,1-3H3/t16-,24?/m1/s1. The van der Waals surface area contributed by atoms with Crippen LogP contribution in [0.1, 0.15) is 11.9 Å². The number of halogens is 1. The maximum absolute atomic E-state index is 10.4. The molecule has 1 unspecified atom stereocenters. The zero-order valence-corrected chi connectivity index (χ0v) is 20.7. The van der Waals surface area contributed by atoms with Gasteiger partial charge in [-0.3, -0.25) is 9.80 Å². The SMILES string of the molecule is COc1cc(Cl)ccc1OCCN1CCN(C(Oc2ccc3sc(C)nc3c2)[C@@H](C)O)CC1. The Morgan fingerprint density at radius 3 is 2.64 bits per heavy atom. The molecule has 33 heavy (non-hydrogen) atoms. The van der Waals surface area contributed by atoms with Gasteiger partial charge in [-0.1, -0.05) is 11.6 Å². The van der Waals surface area contributed by atoms with E-state index in [1.54, 1.807) is 37.5 Å². The first-order valence-electron chi connectivity index (χ1n) is 11.1. The van der Waals surface area contributed by atoms with E-state index in [4.69, 9.17) is 25.8 Å². The molecule has 1 aromatic heterocycles. The number of aliphatic hydroxyl groups is 1. The molecule has 0 amide bonds. The van der Waals surface area contributed by atoms with Crippen LogP contribution in [0.3, 0.4) is 0 Å². The summed E-state index contributed by atoms with van der Waals surface area (Å²) in [5.41, 5.74) is 0.932. The van der Waals surface area contributed by atoms with Gasteiger partial charge in [0.2, 0.25) is 0 Å². The van der Waals surface area contributed by atoms with Crippen molar-refractivity contribution in [2.45, 2.75) is 26.2 Å². The number of piperazine rings is 1. The van der Waals surface area contributed by atoms with Crippen LogP contribution in [0.25, 0.3) is 10.2 Å². The number of ether oxygens (including phenoxy) is 3. The number of hydrogen-bond acceptors (Lipinski definition) is 8. The Bertz CT molecular complexity index is 1070. The van der Waals surface area contributed by atoms with E-state index in [0.717, 1.165) is 53.7 Å². The van der Waals surface area contributed by atoms with Gasteiger partial charge >= 0.3 is 0 Å². The second-order valence-electron chi connectivity index (χ2n) is 8.13. The lowest BCUT2D eigenvalue weighted by Gasteiger charge is -2.40. The largest absolute Gasteiger partial charge is 0.493 e. The minimum Gasteiger partial charge on any atom is -0.493 e. The number of aliphatic hydroxyl groups excluding tert-OH is 1. The number of methoxy groups -OCH3 is 1. The van der Waals surface area contributed by atoms with E-state index in [0.29, 0.717) is 23.1 Å². The van der Waals surface area contributed by atoms with Gasteiger partial charge in [-0.15, -0.1) is 11.3 Å². The summed E-state index contributed by atoms with van der Waals surface area (Å²) in [7, 11) is 1.61. The van der Waals surface area contributed by atoms with E-state index >= 15 is 0 Å². The highest BCUT2D eigenvalue weighted by atomic mass is 35.5. The molecule has 9 heteroatoms. The second-order valence-corrected chi connectivity index (χ2v) is 9.80. The molecule has 0 saturated carbocycles. The van der Waals surface area contributed by atoms with Gasteiger partial charge in [-0.25, -0.2) is 4.98 Å². The number of rotatable bonds is 9. The van der Waals surface area contributed by atoms with E-state index in [-0.39, 0.29) is 0 Å². The molecule has 2 aromatic carbocycles. The summed E-state index contributed by atoms with van der Waals surface area (Å²) >= 11 is 7.68. The van der Waals surface area contributed by atoms with Gasteiger partial charge in [0.1, 0.15) is 18.5 Å². The Morgan fingerprint density at radius 1 is 1.12 bits per heavy atom. The summed E-state index contributed by atoms with van der Waals surface area (Å²) in [5.74, 6) is 2.05. The van der Waals surface area contributed by atoms with Crippen LogP contribution in [0.5, 0.6) is 17.2 Å². The van der Waals surface area contributed by atoms with Crippen molar-refractivity contribution < 1.29 is 19.3 Å². The molecule has 178 valence electrons. The van der Waals surface area contributed by atoms with Crippen molar-refractivity contribution in [1.82, 2.24) is 14.8 Å². The van der Waals surface area contributed by atoms with Crippen LogP contribution >= 0.6 is 22.9 Å². The van der Waals surface area contributed by atoms with Crippen LogP contribution in [-0.2, 0) is 0 Å². The Labute approximate surface area is 203 Å². The maximum atomic E-state index is 10.4. The summed E-state index contributed by atoms with van der Waals surface area (Å²) in [6.45, 7) is 8.49. The van der Waals surface area contributed by atoms with Crippen LogP contribution in [-0.4, -0.2) is 78.7 Å². The molecule has 1 N–H and O–H groups in total. The number of hydrogen-bond donors (Lipinski definition) is 1. The van der Waals surface area contributed by atoms with Gasteiger partial charge in [-0.05, 0) is 38.1 Å². The van der Waals surface area contributed by atoms with Gasteiger partial charge in [0.15, 0.2) is 17.7 Å². The highest BCUT2D eigenvalue weighted by Crippen LogP contribution is 2.30. The number of aryl methyl sites for hydroxylation is 1. The number of thiazole rings is 1. The monoisotopic (exact) mass is 491 g/mol. The number of aromatic nitrogens is 1. The predicted molar refractivity (Wildman–Crippen MR) is 132 cm³/mol. The molecule has 2 atom stereocenters. The van der Waals surface area contributed by atoms with Crippen molar-refractivity contribution in [2.24, 2.45) is 0 Å². The third-order valence-corrected chi connectivity index (χ3v) is 6.88. The molecule has 1 saturated heterocycles. The molecule has 1 fully saturated rings. The summed E-state index contributed by atoms with van der Waals surface area (Å²) in [6, 6.07) is 11.3. The second kappa shape index (κ2) is 10.9. The molecule has 0 spiro atoms. The summed E-state index contributed by atoms with van der Waals surface area (Å²) in [4.78, 5) is 9.09. The first-order valence-corrected chi connectivity index (χ1v) is 12.3. The van der Waals surface area contributed by atoms with Crippen LogP contribution < -0.4 is 14.2 Å². The highest BCUT2D eigenvalue weighted by molar-refractivity contribution is 7.18. The zero-order valence-electron chi connectivity index (χ0n) is 19.2. The van der Waals surface area contributed by atoms with Gasteiger partial charge < -0.3 is 19.3 Å². The van der Waals surface area contributed by atoms with Gasteiger partial charge in [-0.2, -0.15) is 0 Å². The van der Waals surface area contributed by atoms with Crippen molar-refractivity contribution in [1.29, 1.82) is 0 Å². The molecule has 1 aliphatic heterocycles. The average Bonchev–Trinajstić information content (AvgIpc) is 3.18. The molecule has 0 aliphatic carbocycles. The van der Waals surface area contributed by atoms with Crippen LogP contribution in [0.15, 0.2) is 36.4 Å². The van der Waals surface area contributed by atoms with E-state index < -0.39 is 12.3 Å². The van der Waals surface area contributed by atoms with Crippen molar-refractivity contribution >= 4 is 33.2 Å². The van der Waals surface area contributed by atoms with Crippen LogP contribution in [0.4, 0.5) is 0 Å². The van der Waals surface area contributed by atoms with E-state index in [9.17, 15) is 5.11 Å². The molecule has 7 nitrogen and oxygen atoms in total. The lowest BCUT2D eigenvalue weighted by Crippen LogP contribution is -2.55. The topological polar surface area (TPSA) is 67.3 Å². The number of fused-ring (bicyclic) bond motifs is 1. The lowest BCUT2D eigenvalue weighted by molar-refractivity contribution is -0.0749. The Kier molecular flexibility index (Phi) is 7.93. The van der Waals surface area contributed by atoms with Gasteiger partial charge in [0.05, 0.1) is 22.3 Å². The number of benzene rings is 2. The van der Waals surface area contributed by atoms with Crippen LogP contribution in [0.2, 0.25) is 5.02 Å². The minimum atomic E-state index is -0.620. The molecular formula is C24H30ClN3O4S. The molecule has 3 aromatic rings. The number of nitrogens with zero attached hydrogens (tertiary/aromatic N) is 3. The molecule has 1 aliphatic rings. The van der Waals surface area contributed by atoms with Crippen molar-refractivity contribution in [2.75, 3.05) is 46.4 Å². The first-order chi connectivity index (χ1) is 15.9. The third kappa shape index (κ3) is 6.07. The average molecular weight is 492 g/mol. The Hall–Kier alpha value is -2.10. The Morgan fingerprint density at radius 2 is 1.91 bits per heavy atom. The molecule has 0 bridgehead atoms. The Balaban J connectivity index is 1.28. The fraction of sp³-hybridized carbons (Fsp3) is 0.458. The van der Waals surface area contributed by atoms with Crippen LogP contribution in [0, 0.1) is 6.92 Å². The van der Waals surface area contributed by atoms with Crippen molar-refractivity contribution in [3.05, 3.63) is 46.4 Å². The fourth-order valence-corrected chi connectivity index (χ4v) is 4.97. The molecule has 0 radical (unpaired) electrons. The fourth-order valence-electron chi connectivity index (χ4n) is 4.00. The third-order valence-electron chi connectivity index (χ3n) is 5.69. The van der Waals surface area contributed by atoms with E-state index in [2.05, 4.69) is 14.8 Å². The zero-order chi connectivity index (χ0) is 23.4. The maximum Gasteiger partial charge on any atom is 0.178 e. The first kappa shape index (κ1) is 24.0.